The van der Waals surface area contributed by atoms with Crippen molar-refractivity contribution >= 4 is 0 Å². The molecule has 0 amide bonds. The highest BCUT2D eigenvalue weighted by Crippen LogP contribution is 2.29. The fourth-order valence-electron chi connectivity index (χ4n) is 4.22. The molecule has 3 rings (SSSR count). The molecule has 1 saturated carbocycles. The molecule has 1 heterocycles. The zero-order valence-corrected chi connectivity index (χ0v) is 14.3. The quantitative estimate of drug-likeness (QED) is 0.883. The molecule has 0 radical (unpaired) electrons. The van der Waals surface area contributed by atoms with Crippen LogP contribution in [0.25, 0.3) is 0 Å². The van der Waals surface area contributed by atoms with E-state index in [4.69, 9.17) is 0 Å². The van der Waals surface area contributed by atoms with Gasteiger partial charge >= 0.3 is 0 Å². The lowest BCUT2D eigenvalue weighted by Gasteiger charge is -2.41. The number of nitrogens with zero attached hydrogens (tertiary/aromatic N) is 1. The highest BCUT2D eigenvalue weighted by molar-refractivity contribution is 5.21. The molecule has 2 unspecified atom stereocenters. The molecule has 0 spiro atoms. The van der Waals surface area contributed by atoms with Crippen LogP contribution in [0.5, 0.6) is 0 Å². The maximum Gasteiger partial charge on any atom is 0.0201 e. The lowest BCUT2D eigenvalue weighted by molar-refractivity contribution is 0.136. The van der Waals surface area contributed by atoms with Gasteiger partial charge in [-0.1, -0.05) is 43.2 Å². The summed E-state index contributed by atoms with van der Waals surface area (Å²) in [5, 5.41) is 3.91. The molecule has 1 aliphatic heterocycles. The molecule has 2 heteroatoms. The van der Waals surface area contributed by atoms with Crippen LogP contribution in [0.1, 0.15) is 57.4 Å². The molecular formula is C20H32N2. The van der Waals surface area contributed by atoms with Crippen molar-refractivity contribution in [3.05, 3.63) is 35.9 Å². The Kier molecular flexibility index (Phi) is 5.54. The topological polar surface area (TPSA) is 15.3 Å². The number of piperidine rings is 1. The van der Waals surface area contributed by atoms with Gasteiger partial charge < -0.3 is 5.32 Å². The number of rotatable bonds is 5. The summed E-state index contributed by atoms with van der Waals surface area (Å²) >= 11 is 0. The van der Waals surface area contributed by atoms with E-state index in [1.165, 1.54) is 57.3 Å². The highest BCUT2D eigenvalue weighted by Gasteiger charge is 2.29. The monoisotopic (exact) mass is 300 g/mol. The first kappa shape index (κ1) is 16.0. The Morgan fingerprint density at radius 1 is 1.09 bits per heavy atom. The maximum atomic E-state index is 3.91. The van der Waals surface area contributed by atoms with Gasteiger partial charge in [-0.05, 0) is 57.1 Å². The first-order valence-corrected chi connectivity index (χ1v) is 9.24. The van der Waals surface area contributed by atoms with E-state index in [0.717, 1.165) is 5.92 Å². The Bertz CT molecular complexity index is 436. The second-order valence-corrected chi connectivity index (χ2v) is 7.65. The van der Waals surface area contributed by atoms with Crippen LogP contribution >= 0.6 is 0 Å². The number of benzene rings is 1. The molecule has 2 nitrogen and oxygen atoms in total. The van der Waals surface area contributed by atoms with Crippen LogP contribution in [0, 0.1) is 5.92 Å². The summed E-state index contributed by atoms with van der Waals surface area (Å²) in [5.41, 5.74) is 1.51. The van der Waals surface area contributed by atoms with Crippen molar-refractivity contribution in [2.45, 2.75) is 64.0 Å². The summed E-state index contributed by atoms with van der Waals surface area (Å²) in [5.74, 6) is 1.61. The normalized spacial score (nSPS) is 27.6. The molecule has 1 N–H and O–H groups in total. The van der Waals surface area contributed by atoms with Gasteiger partial charge in [0.15, 0.2) is 0 Å². The van der Waals surface area contributed by atoms with Crippen LogP contribution in [-0.2, 0) is 0 Å². The minimum absolute atomic E-state index is 0.641. The van der Waals surface area contributed by atoms with E-state index in [9.17, 15) is 0 Å². The lowest BCUT2D eigenvalue weighted by Crippen LogP contribution is -2.51. The predicted molar refractivity (Wildman–Crippen MR) is 94.3 cm³/mol. The van der Waals surface area contributed by atoms with Crippen LogP contribution in [0.15, 0.2) is 30.3 Å². The fraction of sp³-hybridized carbons (Fsp3) is 0.700. The number of hydrogen-bond acceptors (Lipinski definition) is 2. The van der Waals surface area contributed by atoms with Crippen molar-refractivity contribution in [3.63, 3.8) is 0 Å². The van der Waals surface area contributed by atoms with Gasteiger partial charge in [0.25, 0.3) is 0 Å². The second kappa shape index (κ2) is 7.61. The molecule has 2 atom stereocenters. The van der Waals surface area contributed by atoms with Gasteiger partial charge in [0, 0.05) is 25.2 Å². The summed E-state index contributed by atoms with van der Waals surface area (Å²) in [4.78, 5) is 2.66. The van der Waals surface area contributed by atoms with Crippen molar-refractivity contribution in [1.29, 1.82) is 0 Å². The minimum atomic E-state index is 0.641. The van der Waals surface area contributed by atoms with Crippen molar-refractivity contribution in [3.8, 4) is 0 Å². The van der Waals surface area contributed by atoms with Crippen molar-refractivity contribution in [1.82, 2.24) is 10.2 Å². The Morgan fingerprint density at radius 3 is 2.50 bits per heavy atom. The van der Waals surface area contributed by atoms with Gasteiger partial charge in [0.1, 0.15) is 0 Å². The summed E-state index contributed by atoms with van der Waals surface area (Å²) in [6.07, 6.45) is 7.06. The number of hydrogen-bond donors (Lipinski definition) is 1. The Labute approximate surface area is 136 Å². The van der Waals surface area contributed by atoms with Crippen molar-refractivity contribution in [2.24, 2.45) is 5.92 Å². The van der Waals surface area contributed by atoms with E-state index in [0.29, 0.717) is 18.0 Å². The molecule has 1 aromatic carbocycles. The van der Waals surface area contributed by atoms with E-state index < -0.39 is 0 Å². The van der Waals surface area contributed by atoms with Gasteiger partial charge in [-0.15, -0.1) is 0 Å². The third-order valence-corrected chi connectivity index (χ3v) is 5.65. The number of likely N-dealkylation sites (tertiary alicyclic amines) is 1. The molecular weight excluding hydrogens is 268 g/mol. The summed E-state index contributed by atoms with van der Waals surface area (Å²) in [7, 11) is 0. The van der Waals surface area contributed by atoms with Crippen molar-refractivity contribution in [2.75, 3.05) is 19.6 Å². The first-order chi connectivity index (χ1) is 10.7. The fourth-order valence-corrected chi connectivity index (χ4v) is 4.22. The van der Waals surface area contributed by atoms with Crippen LogP contribution in [0.2, 0.25) is 0 Å². The number of nitrogens with one attached hydrogen (secondary N) is 1. The van der Waals surface area contributed by atoms with Gasteiger partial charge in [-0.25, -0.2) is 0 Å². The third-order valence-electron chi connectivity index (χ3n) is 5.65. The van der Waals surface area contributed by atoms with E-state index >= 15 is 0 Å². The summed E-state index contributed by atoms with van der Waals surface area (Å²) in [6.45, 7) is 8.33. The predicted octanol–water partition coefficient (Wildman–Crippen LogP) is 4.03. The first-order valence-electron chi connectivity index (χ1n) is 9.24. The van der Waals surface area contributed by atoms with E-state index in [1.54, 1.807) is 0 Å². The Balaban J connectivity index is 1.62. The molecule has 22 heavy (non-hydrogen) atoms. The van der Waals surface area contributed by atoms with Gasteiger partial charge in [0.2, 0.25) is 0 Å². The van der Waals surface area contributed by atoms with Gasteiger partial charge in [0.05, 0.1) is 0 Å². The highest BCUT2D eigenvalue weighted by atomic mass is 15.2. The zero-order chi connectivity index (χ0) is 15.4. The van der Waals surface area contributed by atoms with Crippen LogP contribution in [0.3, 0.4) is 0 Å². The SMILES string of the molecule is CC(C)N1CC(NCC2CCCC2)CC(c2ccccc2)C1. The Hall–Kier alpha value is -0.860. The smallest absolute Gasteiger partial charge is 0.0201 e. The zero-order valence-electron chi connectivity index (χ0n) is 14.3. The van der Waals surface area contributed by atoms with Gasteiger partial charge in [-0.2, -0.15) is 0 Å². The molecule has 1 aromatic rings. The third kappa shape index (κ3) is 4.11. The van der Waals surface area contributed by atoms with E-state index in [-0.39, 0.29) is 0 Å². The van der Waals surface area contributed by atoms with Gasteiger partial charge in [-0.3, -0.25) is 4.90 Å². The van der Waals surface area contributed by atoms with E-state index in [2.05, 4.69) is 54.4 Å². The summed E-state index contributed by atoms with van der Waals surface area (Å²) in [6, 6.07) is 12.4. The molecule has 1 saturated heterocycles. The molecule has 2 aliphatic rings. The average Bonchev–Trinajstić information content (AvgIpc) is 3.07. The molecule has 0 bridgehead atoms. The average molecular weight is 300 g/mol. The Morgan fingerprint density at radius 2 is 1.82 bits per heavy atom. The second-order valence-electron chi connectivity index (χ2n) is 7.65. The molecule has 1 aliphatic carbocycles. The lowest BCUT2D eigenvalue weighted by atomic mass is 9.87. The summed E-state index contributed by atoms with van der Waals surface area (Å²) < 4.78 is 0. The molecule has 2 fully saturated rings. The van der Waals surface area contributed by atoms with E-state index in [1.807, 2.05) is 0 Å². The van der Waals surface area contributed by atoms with Crippen LogP contribution < -0.4 is 5.32 Å². The van der Waals surface area contributed by atoms with Crippen LogP contribution in [0.4, 0.5) is 0 Å². The largest absolute Gasteiger partial charge is 0.312 e. The van der Waals surface area contributed by atoms with Crippen molar-refractivity contribution < 1.29 is 0 Å². The molecule has 122 valence electrons. The maximum absolute atomic E-state index is 3.91. The standard InChI is InChI=1S/C20H32N2/c1-16(2)22-14-19(18-10-4-3-5-11-18)12-20(15-22)21-13-17-8-6-7-9-17/h3-5,10-11,16-17,19-21H,6-9,12-15H2,1-2H3. The van der Waals surface area contributed by atoms with Crippen LogP contribution in [-0.4, -0.2) is 36.6 Å². The minimum Gasteiger partial charge on any atom is -0.312 e. The molecule has 0 aromatic heterocycles.